The first kappa shape index (κ1) is 13.2. The lowest BCUT2D eigenvalue weighted by molar-refractivity contribution is -0.712. The van der Waals surface area contributed by atoms with E-state index in [-0.39, 0.29) is 0 Å². The van der Waals surface area contributed by atoms with Crippen molar-refractivity contribution in [2.75, 3.05) is 7.11 Å². The second kappa shape index (κ2) is 6.10. The van der Waals surface area contributed by atoms with Gasteiger partial charge in [0.05, 0.1) is 7.11 Å². The van der Waals surface area contributed by atoms with Crippen LogP contribution in [-0.4, -0.2) is 7.11 Å². The highest BCUT2D eigenvalue weighted by atomic mass is 16.5. The van der Waals surface area contributed by atoms with Crippen LogP contribution in [0.25, 0.3) is 0 Å². The predicted molar refractivity (Wildman–Crippen MR) is 80.7 cm³/mol. The Morgan fingerprint density at radius 1 is 1.10 bits per heavy atom. The molecule has 2 N–H and O–H groups in total. The van der Waals surface area contributed by atoms with E-state index in [1.165, 1.54) is 36.0 Å². The second-order valence-electron chi connectivity index (χ2n) is 5.45. The number of quaternary nitrogens is 1. The molecule has 3 rings (SSSR count). The minimum atomic E-state index is 0.588. The highest BCUT2D eigenvalue weighted by Gasteiger charge is 2.22. The summed E-state index contributed by atoms with van der Waals surface area (Å²) in [4.78, 5) is 0. The van der Waals surface area contributed by atoms with Crippen LogP contribution in [0.15, 0.2) is 48.5 Å². The molecule has 0 bridgehead atoms. The number of nitrogens with two attached hydrogens (primary N) is 1. The zero-order valence-corrected chi connectivity index (χ0v) is 12.0. The summed E-state index contributed by atoms with van der Waals surface area (Å²) < 4.78 is 5.43. The molecule has 0 aromatic heterocycles. The van der Waals surface area contributed by atoms with Crippen LogP contribution in [0.3, 0.4) is 0 Å². The van der Waals surface area contributed by atoms with Crippen molar-refractivity contribution in [1.29, 1.82) is 0 Å². The van der Waals surface area contributed by atoms with Crippen molar-refractivity contribution in [3.05, 3.63) is 65.2 Å². The highest BCUT2D eigenvalue weighted by molar-refractivity contribution is 5.33. The lowest BCUT2D eigenvalue weighted by Gasteiger charge is -2.24. The molecule has 2 aromatic rings. The van der Waals surface area contributed by atoms with Crippen molar-refractivity contribution in [1.82, 2.24) is 0 Å². The largest absolute Gasteiger partial charge is 0.496 e. The van der Waals surface area contributed by atoms with Gasteiger partial charge < -0.3 is 10.1 Å². The van der Waals surface area contributed by atoms with Gasteiger partial charge in [-0.05, 0) is 30.5 Å². The number of rotatable bonds is 4. The summed E-state index contributed by atoms with van der Waals surface area (Å²) in [5, 5.41) is 2.45. The van der Waals surface area contributed by atoms with Crippen LogP contribution < -0.4 is 10.1 Å². The number of hydrogen-bond acceptors (Lipinski definition) is 1. The molecule has 20 heavy (non-hydrogen) atoms. The van der Waals surface area contributed by atoms with Crippen LogP contribution in [-0.2, 0) is 13.0 Å². The summed E-state index contributed by atoms with van der Waals surface area (Å²) in [6.45, 7) is 0.975. The topological polar surface area (TPSA) is 25.8 Å². The molecule has 0 aliphatic heterocycles. The van der Waals surface area contributed by atoms with Gasteiger partial charge in [0.25, 0.3) is 0 Å². The molecule has 0 spiro atoms. The lowest BCUT2D eigenvalue weighted by atomic mass is 9.87. The minimum absolute atomic E-state index is 0.588. The van der Waals surface area contributed by atoms with Crippen LogP contribution >= 0.6 is 0 Å². The minimum Gasteiger partial charge on any atom is -0.496 e. The summed E-state index contributed by atoms with van der Waals surface area (Å²) in [6.07, 6.45) is 3.80. The molecule has 0 amide bonds. The standard InChI is InChI=1S/C18H21NO/c1-20-18-12-5-3-8-15(18)13-19-17-11-6-9-14-7-2-4-10-16(14)17/h2-5,7-8,10,12,17,19H,6,9,11,13H2,1H3/p+1/t17-/m1/s1. The van der Waals surface area contributed by atoms with Gasteiger partial charge in [-0.1, -0.05) is 36.4 Å². The average Bonchev–Trinajstić information content (AvgIpc) is 2.53. The van der Waals surface area contributed by atoms with E-state index in [1.54, 1.807) is 7.11 Å². The fraction of sp³-hybridized carbons (Fsp3) is 0.333. The Morgan fingerprint density at radius 2 is 1.90 bits per heavy atom. The molecule has 0 heterocycles. The fourth-order valence-electron chi connectivity index (χ4n) is 3.18. The zero-order valence-electron chi connectivity index (χ0n) is 12.0. The van der Waals surface area contributed by atoms with E-state index < -0.39 is 0 Å². The quantitative estimate of drug-likeness (QED) is 0.906. The van der Waals surface area contributed by atoms with Gasteiger partial charge in [-0.15, -0.1) is 0 Å². The van der Waals surface area contributed by atoms with Crippen LogP contribution in [0, 0.1) is 0 Å². The molecule has 104 valence electrons. The van der Waals surface area contributed by atoms with Crippen molar-refractivity contribution in [2.24, 2.45) is 0 Å². The number of ether oxygens (including phenoxy) is 1. The number of fused-ring (bicyclic) bond motifs is 1. The highest BCUT2D eigenvalue weighted by Crippen LogP contribution is 2.27. The first-order chi connectivity index (χ1) is 9.88. The van der Waals surface area contributed by atoms with E-state index in [1.807, 2.05) is 12.1 Å². The van der Waals surface area contributed by atoms with E-state index in [0.29, 0.717) is 6.04 Å². The maximum atomic E-state index is 5.43. The van der Waals surface area contributed by atoms with Crippen LogP contribution in [0.4, 0.5) is 0 Å². The number of methoxy groups -OCH3 is 1. The third kappa shape index (κ3) is 2.70. The fourth-order valence-corrected chi connectivity index (χ4v) is 3.18. The Labute approximate surface area is 120 Å². The van der Waals surface area contributed by atoms with Gasteiger partial charge in [0.1, 0.15) is 18.3 Å². The molecule has 0 saturated carbocycles. The van der Waals surface area contributed by atoms with Gasteiger partial charge in [-0.3, -0.25) is 0 Å². The van der Waals surface area contributed by atoms with Gasteiger partial charge in [0.2, 0.25) is 0 Å². The molecule has 1 atom stereocenters. The van der Waals surface area contributed by atoms with Crippen molar-refractivity contribution in [3.63, 3.8) is 0 Å². The Kier molecular flexibility index (Phi) is 4.03. The summed E-state index contributed by atoms with van der Waals surface area (Å²) in [7, 11) is 1.74. The van der Waals surface area contributed by atoms with E-state index in [4.69, 9.17) is 4.74 Å². The van der Waals surface area contributed by atoms with Gasteiger partial charge in [-0.25, -0.2) is 0 Å². The molecule has 2 aromatic carbocycles. The monoisotopic (exact) mass is 268 g/mol. The molecular formula is C18H22NO+. The summed E-state index contributed by atoms with van der Waals surface area (Å²) in [6, 6.07) is 17.8. The number of benzene rings is 2. The molecule has 0 radical (unpaired) electrons. The third-order valence-electron chi connectivity index (χ3n) is 4.23. The summed E-state index contributed by atoms with van der Waals surface area (Å²) in [5.74, 6) is 0.993. The van der Waals surface area contributed by atoms with Crippen molar-refractivity contribution in [2.45, 2.75) is 31.8 Å². The van der Waals surface area contributed by atoms with Crippen molar-refractivity contribution < 1.29 is 10.1 Å². The molecular weight excluding hydrogens is 246 g/mol. The SMILES string of the molecule is COc1ccccc1C[NH2+][C@@H]1CCCc2ccccc21. The van der Waals surface area contributed by atoms with Crippen molar-refractivity contribution >= 4 is 0 Å². The smallest absolute Gasteiger partial charge is 0.127 e. The Balaban J connectivity index is 1.73. The maximum absolute atomic E-state index is 5.43. The molecule has 0 saturated heterocycles. The third-order valence-corrected chi connectivity index (χ3v) is 4.23. The van der Waals surface area contributed by atoms with Gasteiger partial charge in [0, 0.05) is 17.5 Å². The normalized spacial score (nSPS) is 17.6. The van der Waals surface area contributed by atoms with Crippen LogP contribution in [0.2, 0.25) is 0 Å². The number of para-hydroxylation sites is 1. The Hall–Kier alpha value is -1.80. The van der Waals surface area contributed by atoms with Crippen LogP contribution in [0.1, 0.15) is 35.6 Å². The maximum Gasteiger partial charge on any atom is 0.127 e. The first-order valence-corrected chi connectivity index (χ1v) is 7.41. The second-order valence-corrected chi connectivity index (χ2v) is 5.45. The Morgan fingerprint density at radius 3 is 2.80 bits per heavy atom. The van der Waals surface area contributed by atoms with Gasteiger partial charge >= 0.3 is 0 Å². The van der Waals surface area contributed by atoms with E-state index >= 15 is 0 Å². The van der Waals surface area contributed by atoms with Gasteiger partial charge in [0.15, 0.2) is 0 Å². The average molecular weight is 268 g/mol. The molecule has 0 fully saturated rings. The first-order valence-electron chi connectivity index (χ1n) is 7.41. The molecule has 0 unspecified atom stereocenters. The lowest BCUT2D eigenvalue weighted by Crippen LogP contribution is -2.84. The predicted octanol–water partition coefficient (Wildman–Crippen LogP) is 2.84. The van der Waals surface area contributed by atoms with Crippen LogP contribution in [0.5, 0.6) is 5.75 Å². The van der Waals surface area contributed by atoms with E-state index in [2.05, 4.69) is 41.7 Å². The van der Waals surface area contributed by atoms with Crippen molar-refractivity contribution in [3.8, 4) is 5.75 Å². The molecule has 2 nitrogen and oxygen atoms in total. The number of aryl methyl sites for hydroxylation is 1. The van der Waals surface area contributed by atoms with E-state index in [9.17, 15) is 0 Å². The number of hydrogen-bond donors (Lipinski definition) is 1. The van der Waals surface area contributed by atoms with E-state index in [0.717, 1.165) is 12.3 Å². The summed E-state index contributed by atoms with van der Waals surface area (Å²) >= 11 is 0. The molecule has 1 aliphatic rings. The zero-order chi connectivity index (χ0) is 13.8. The van der Waals surface area contributed by atoms with Gasteiger partial charge in [-0.2, -0.15) is 0 Å². The molecule has 2 heteroatoms. The molecule has 1 aliphatic carbocycles. The summed E-state index contributed by atoms with van der Waals surface area (Å²) in [5.41, 5.74) is 4.33. The Bertz CT molecular complexity index is 579.